The average Bonchev–Trinajstić information content (AvgIpc) is 3.33. The maximum absolute atomic E-state index is 13.4. The molecule has 3 N–H and O–H groups in total. The van der Waals surface area contributed by atoms with E-state index in [2.05, 4.69) is 10.6 Å². The fourth-order valence-corrected chi connectivity index (χ4v) is 3.37. The molecule has 0 aliphatic heterocycles. The molecular formula is C19H25F2N3O3. The van der Waals surface area contributed by atoms with Crippen LogP contribution in [0, 0.1) is 5.92 Å². The average molecular weight is 381 g/mol. The molecule has 1 aromatic carbocycles. The molecule has 0 aromatic heterocycles. The van der Waals surface area contributed by atoms with Crippen LogP contribution in [0.15, 0.2) is 24.3 Å². The van der Waals surface area contributed by atoms with E-state index < -0.39 is 17.9 Å². The predicted octanol–water partition coefficient (Wildman–Crippen LogP) is 3.25. The van der Waals surface area contributed by atoms with Crippen LogP contribution in [0.1, 0.15) is 38.2 Å². The van der Waals surface area contributed by atoms with Gasteiger partial charge >= 0.3 is 12.0 Å². The summed E-state index contributed by atoms with van der Waals surface area (Å²) in [5.41, 5.74) is 0.150. The molecule has 2 aliphatic rings. The van der Waals surface area contributed by atoms with Crippen LogP contribution in [0.2, 0.25) is 0 Å². The van der Waals surface area contributed by atoms with Crippen LogP contribution in [0.4, 0.5) is 19.3 Å². The lowest BCUT2D eigenvalue weighted by Crippen LogP contribution is -2.55. The first-order valence-electron chi connectivity index (χ1n) is 9.22. The number of halogens is 2. The Morgan fingerprint density at radius 1 is 1.30 bits per heavy atom. The van der Waals surface area contributed by atoms with Gasteiger partial charge in [0.25, 0.3) is 5.92 Å². The van der Waals surface area contributed by atoms with Crippen molar-refractivity contribution in [2.75, 3.05) is 18.4 Å². The number of anilines is 1. The monoisotopic (exact) mass is 381 g/mol. The van der Waals surface area contributed by atoms with Gasteiger partial charge in [-0.2, -0.15) is 0 Å². The summed E-state index contributed by atoms with van der Waals surface area (Å²) in [5, 5.41) is 14.5. The highest BCUT2D eigenvalue weighted by atomic mass is 19.3. The van der Waals surface area contributed by atoms with E-state index in [9.17, 15) is 18.4 Å². The summed E-state index contributed by atoms with van der Waals surface area (Å²) in [7, 11) is 0. The van der Waals surface area contributed by atoms with Crippen LogP contribution in [0.5, 0.6) is 0 Å². The summed E-state index contributed by atoms with van der Waals surface area (Å²) in [6, 6.07) is 5.29. The van der Waals surface area contributed by atoms with Crippen LogP contribution < -0.4 is 10.6 Å². The SMILES string of the molecule is CC(F)(F)c1cccc(NC(=O)NC2CC(N(CC(=O)O)CC3CC3)C2)c1. The number of benzene rings is 1. The molecule has 0 spiro atoms. The van der Waals surface area contributed by atoms with E-state index in [0.717, 1.165) is 26.3 Å². The number of carbonyl (C=O) groups excluding carboxylic acids is 1. The molecule has 1 aromatic rings. The molecule has 0 heterocycles. The Morgan fingerprint density at radius 3 is 2.59 bits per heavy atom. The Bertz CT molecular complexity index is 698. The topological polar surface area (TPSA) is 81.7 Å². The van der Waals surface area contributed by atoms with Crippen molar-refractivity contribution in [1.29, 1.82) is 0 Å². The lowest BCUT2D eigenvalue weighted by atomic mass is 9.85. The normalized spacial score (nSPS) is 22.2. The molecule has 2 fully saturated rings. The van der Waals surface area contributed by atoms with Gasteiger partial charge in [-0.15, -0.1) is 0 Å². The van der Waals surface area contributed by atoms with Gasteiger partial charge in [0.2, 0.25) is 0 Å². The number of rotatable bonds is 8. The highest BCUT2D eigenvalue weighted by Crippen LogP contribution is 2.34. The van der Waals surface area contributed by atoms with E-state index in [1.54, 1.807) is 6.07 Å². The van der Waals surface area contributed by atoms with Crippen LogP contribution in [-0.4, -0.2) is 47.2 Å². The number of amides is 2. The summed E-state index contributed by atoms with van der Waals surface area (Å²) >= 11 is 0. The number of nitrogens with zero attached hydrogens (tertiary/aromatic N) is 1. The molecule has 8 heteroatoms. The first-order valence-corrected chi connectivity index (χ1v) is 9.22. The van der Waals surface area contributed by atoms with E-state index in [-0.39, 0.29) is 24.2 Å². The lowest BCUT2D eigenvalue weighted by molar-refractivity contribution is -0.139. The van der Waals surface area contributed by atoms with Crippen molar-refractivity contribution in [2.45, 2.75) is 50.6 Å². The van der Waals surface area contributed by atoms with Gasteiger partial charge in [0.15, 0.2) is 0 Å². The van der Waals surface area contributed by atoms with E-state index in [1.807, 2.05) is 4.90 Å². The van der Waals surface area contributed by atoms with Crippen LogP contribution in [-0.2, 0) is 10.7 Å². The van der Waals surface area contributed by atoms with Gasteiger partial charge < -0.3 is 15.7 Å². The first-order chi connectivity index (χ1) is 12.7. The zero-order chi connectivity index (χ0) is 19.6. The van der Waals surface area contributed by atoms with Crippen molar-refractivity contribution in [3.8, 4) is 0 Å². The Labute approximate surface area is 156 Å². The van der Waals surface area contributed by atoms with E-state index >= 15 is 0 Å². The highest BCUT2D eigenvalue weighted by Gasteiger charge is 2.37. The number of aliphatic carboxylic acids is 1. The number of nitrogens with one attached hydrogen (secondary N) is 2. The summed E-state index contributed by atoms with van der Waals surface area (Å²) in [6.45, 7) is 1.64. The number of urea groups is 1. The van der Waals surface area contributed by atoms with Gasteiger partial charge in [-0.05, 0) is 43.7 Å². The summed E-state index contributed by atoms with van der Waals surface area (Å²) in [4.78, 5) is 25.1. The number of hydrogen-bond acceptors (Lipinski definition) is 3. The van der Waals surface area contributed by atoms with Crippen molar-refractivity contribution in [2.24, 2.45) is 5.92 Å². The van der Waals surface area contributed by atoms with Gasteiger partial charge in [0.1, 0.15) is 0 Å². The Morgan fingerprint density at radius 2 is 2.00 bits per heavy atom. The Hall–Kier alpha value is -2.22. The third-order valence-electron chi connectivity index (χ3n) is 5.12. The summed E-state index contributed by atoms with van der Waals surface area (Å²) in [5.74, 6) is -3.20. The number of alkyl halides is 2. The molecule has 27 heavy (non-hydrogen) atoms. The van der Waals surface area contributed by atoms with Crippen molar-refractivity contribution in [3.63, 3.8) is 0 Å². The maximum Gasteiger partial charge on any atom is 0.319 e. The molecule has 6 nitrogen and oxygen atoms in total. The lowest BCUT2D eigenvalue weighted by Gasteiger charge is -2.42. The minimum Gasteiger partial charge on any atom is -0.480 e. The van der Waals surface area contributed by atoms with E-state index in [1.165, 1.54) is 18.2 Å². The van der Waals surface area contributed by atoms with Crippen molar-refractivity contribution in [3.05, 3.63) is 29.8 Å². The molecule has 3 rings (SSSR count). The molecule has 148 valence electrons. The van der Waals surface area contributed by atoms with Crippen molar-refractivity contribution < 1.29 is 23.5 Å². The third kappa shape index (κ3) is 5.63. The van der Waals surface area contributed by atoms with E-state index in [4.69, 9.17) is 5.11 Å². The van der Waals surface area contributed by atoms with Crippen molar-refractivity contribution >= 4 is 17.7 Å². The molecule has 2 aliphatic carbocycles. The highest BCUT2D eigenvalue weighted by molar-refractivity contribution is 5.89. The number of hydrogen-bond donors (Lipinski definition) is 3. The second kappa shape index (κ2) is 7.80. The van der Waals surface area contributed by atoms with E-state index in [0.29, 0.717) is 24.4 Å². The molecule has 2 saturated carbocycles. The first kappa shape index (κ1) is 19.5. The second-order valence-corrected chi connectivity index (χ2v) is 7.66. The van der Waals surface area contributed by atoms with Gasteiger partial charge in [0, 0.05) is 36.8 Å². The second-order valence-electron chi connectivity index (χ2n) is 7.66. The minimum atomic E-state index is -2.97. The fraction of sp³-hybridized carbons (Fsp3) is 0.579. The standard InChI is InChI=1S/C19H25F2N3O3/c1-19(20,21)13-3-2-4-14(7-13)22-18(27)23-15-8-16(9-15)24(11-17(25)26)10-12-5-6-12/h2-4,7,12,15-16H,5-6,8-11H2,1H3,(H,25,26)(H2,22,23,27). The Balaban J connectivity index is 1.46. The molecule has 0 unspecified atom stereocenters. The number of carboxylic acids is 1. The van der Waals surface area contributed by atoms with Crippen LogP contribution in [0.25, 0.3) is 0 Å². The third-order valence-corrected chi connectivity index (χ3v) is 5.12. The van der Waals surface area contributed by atoms with Gasteiger partial charge in [-0.1, -0.05) is 12.1 Å². The van der Waals surface area contributed by atoms with Gasteiger partial charge in [0.05, 0.1) is 6.54 Å². The Kier molecular flexibility index (Phi) is 5.64. The number of carbonyl (C=O) groups is 2. The number of carboxylic acid groups (broad SMARTS) is 1. The van der Waals surface area contributed by atoms with Crippen LogP contribution >= 0.6 is 0 Å². The zero-order valence-corrected chi connectivity index (χ0v) is 15.3. The molecule has 0 saturated heterocycles. The largest absolute Gasteiger partial charge is 0.480 e. The fourth-order valence-electron chi connectivity index (χ4n) is 3.37. The molecule has 0 radical (unpaired) electrons. The predicted molar refractivity (Wildman–Crippen MR) is 96.9 cm³/mol. The molecule has 0 bridgehead atoms. The van der Waals surface area contributed by atoms with Crippen LogP contribution in [0.3, 0.4) is 0 Å². The quantitative estimate of drug-likeness (QED) is 0.646. The maximum atomic E-state index is 13.4. The van der Waals surface area contributed by atoms with Gasteiger partial charge in [-0.3, -0.25) is 9.69 Å². The minimum absolute atomic E-state index is 0.0259. The molecule has 0 atom stereocenters. The van der Waals surface area contributed by atoms with Gasteiger partial charge in [-0.25, -0.2) is 13.6 Å². The summed E-state index contributed by atoms with van der Waals surface area (Å²) in [6.07, 6.45) is 3.70. The molecule has 2 amide bonds. The smallest absolute Gasteiger partial charge is 0.319 e. The zero-order valence-electron chi connectivity index (χ0n) is 15.3. The van der Waals surface area contributed by atoms with Crippen molar-refractivity contribution in [1.82, 2.24) is 10.2 Å². The molecular weight excluding hydrogens is 356 g/mol. The summed E-state index contributed by atoms with van der Waals surface area (Å²) < 4.78 is 26.7.